The number of aryl methyl sites for hydroxylation is 1. The fourth-order valence-electron chi connectivity index (χ4n) is 5.37. The molecule has 0 fully saturated rings. The van der Waals surface area contributed by atoms with E-state index in [9.17, 15) is 18.3 Å². The predicted octanol–water partition coefficient (Wildman–Crippen LogP) is 7.34. The number of phenols is 1. The zero-order valence-electron chi connectivity index (χ0n) is 25.0. The summed E-state index contributed by atoms with van der Waals surface area (Å²) in [6, 6.07) is 31.9. The number of hydrogen-bond donors (Lipinski definition) is 2. The molecule has 0 atom stereocenters. The third kappa shape index (κ3) is 5.83. The van der Waals surface area contributed by atoms with Crippen LogP contribution in [0.3, 0.4) is 0 Å². The van der Waals surface area contributed by atoms with Gasteiger partial charge in [-0.15, -0.1) is 0 Å². The van der Waals surface area contributed by atoms with Crippen molar-refractivity contribution in [2.75, 3.05) is 7.11 Å². The van der Waals surface area contributed by atoms with E-state index in [1.165, 1.54) is 31.7 Å². The molecule has 0 saturated heterocycles. The summed E-state index contributed by atoms with van der Waals surface area (Å²) < 4.78 is 35.7. The molecule has 0 saturated carbocycles. The maximum absolute atomic E-state index is 13.0. The first-order chi connectivity index (χ1) is 22.2. The summed E-state index contributed by atoms with van der Waals surface area (Å²) in [5, 5.41) is 13.8. The third-order valence-electron chi connectivity index (χ3n) is 7.76. The van der Waals surface area contributed by atoms with Gasteiger partial charge in [-0.1, -0.05) is 78.4 Å². The number of benzene rings is 6. The van der Waals surface area contributed by atoms with Gasteiger partial charge in [-0.05, 0) is 76.0 Å². The molecule has 0 aromatic heterocycles. The smallest absolute Gasteiger partial charge is 0.282 e. The molecule has 0 unspecified atom stereocenters. The van der Waals surface area contributed by atoms with E-state index in [-0.39, 0.29) is 16.2 Å². The molecule has 0 aliphatic carbocycles. The number of carbonyl (C=O) groups excluding carboxylic acids is 1. The Bertz CT molecular complexity index is 2310. The zero-order chi connectivity index (χ0) is 32.4. The minimum absolute atomic E-state index is 0.0635. The van der Waals surface area contributed by atoms with Gasteiger partial charge in [0.1, 0.15) is 11.5 Å². The van der Waals surface area contributed by atoms with Crippen LogP contribution < -0.4 is 10.5 Å². The van der Waals surface area contributed by atoms with Crippen molar-refractivity contribution in [3.63, 3.8) is 0 Å². The highest BCUT2D eigenvalue weighted by Gasteiger charge is 2.18. The number of sulfonamides is 1. The van der Waals surface area contributed by atoms with E-state index < -0.39 is 15.9 Å². The van der Waals surface area contributed by atoms with E-state index in [1.807, 2.05) is 67.6 Å². The molecule has 1 amide bonds. The molecule has 0 aliphatic rings. The van der Waals surface area contributed by atoms with Crippen LogP contribution in [0.1, 0.15) is 27.0 Å². The molecular weight excluding hydrogens is 598 g/mol. The lowest BCUT2D eigenvalue weighted by atomic mass is 9.93. The quantitative estimate of drug-likeness (QED) is 0.171. The van der Waals surface area contributed by atoms with Gasteiger partial charge in [-0.25, -0.2) is 0 Å². The van der Waals surface area contributed by atoms with E-state index in [0.29, 0.717) is 33.5 Å². The number of hydrogen-bond acceptors (Lipinski definition) is 6. The fraction of sp³-hybridized carbons (Fsp3) is 0.0541. The molecule has 6 rings (SSSR count). The van der Waals surface area contributed by atoms with Crippen LogP contribution in [-0.4, -0.2) is 39.0 Å². The summed E-state index contributed by atoms with van der Waals surface area (Å²) in [7, 11) is -2.46. The molecule has 46 heavy (non-hydrogen) atoms. The summed E-state index contributed by atoms with van der Waals surface area (Å²) in [6.07, 6.45) is 2.83. The number of methoxy groups -OCH3 is 1. The van der Waals surface area contributed by atoms with Crippen LogP contribution in [0.2, 0.25) is 0 Å². The van der Waals surface area contributed by atoms with Crippen molar-refractivity contribution in [1.82, 2.24) is 0 Å². The summed E-state index contributed by atoms with van der Waals surface area (Å²) in [6.45, 7) is 1.88. The Morgan fingerprint density at radius 1 is 0.804 bits per heavy atom. The number of phenolic OH excluding ortho intramolecular Hbond substituents is 1. The van der Waals surface area contributed by atoms with Gasteiger partial charge in [0.25, 0.3) is 15.9 Å². The van der Waals surface area contributed by atoms with Crippen molar-refractivity contribution in [2.24, 2.45) is 15.1 Å². The number of fused-ring (bicyclic) bond motifs is 2. The van der Waals surface area contributed by atoms with Gasteiger partial charge in [-0.3, -0.25) is 9.79 Å². The van der Waals surface area contributed by atoms with Crippen LogP contribution in [0.25, 0.3) is 32.7 Å². The summed E-state index contributed by atoms with van der Waals surface area (Å²) >= 11 is 0. The average Bonchev–Trinajstić information content (AvgIpc) is 3.06. The van der Waals surface area contributed by atoms with Crippen LogP contribution in [0.15, 0.2) is 123 Å². The average molecular weight is 628 g/mol. The molecule has 6 aromatic carbocycles. The van der Waals surface area contributed by atoms with Crippen LogP contribution in [0, 0.1) is 6.92 Å². The Morgan fingerprint density at radius 2 is 1.50 bits per heavy atom. The fourth-order valence-corrected chi connectivity index (χ4v) is 6.22. The van der Waals surface area contributed by atoms with Crippen molar-refractivity contribution < 1.29 is 23.1 Å². The number of nitrogens with two attached hydrogens (primary N) is 1. The van der Waals surface area contributed by atoms with E-state index in [1.54, 1.807) is 36.4 Å². The zero-order valence-corrected chi connectivity index (χ0v) is 25.8. The molecule has 3 N–H and O–H groups in total. The van der Waals surface area contributed by atoms with Crippen molar-refractivity contribution in [3.8, 4) is 22.6 Å². The monoisotopic (exact) mass is 627 g/mol. The molecule has 0 heterocycles. The summed E-state index contributed by atoms with van der Waals surface area (Å²) in [4.78, 5) is 17.3. The van der Waals surface area contributed by atoms with Crippen molar-refractivity contribution >= 4 is 55.6 Å². The Morgan fingerprint density at radius 3 is 2.22 bits per heavy atom. The van der Waals surface area contributed by atoms with Crippen molar-refractivity contribution in [3.05, 3.63) is 131 Å². The van der Waals surface area contributed by atoms with E-state index in [2.05, 4.69) is 9.39 Å². The number of primary amides is 1. The first-order valence-electron chi connectivity index (χ1n) is 14.3. The van der Waals surface area contributed by atoms with Gasteiger partial charge in [-0.2, -0.15) is 12.8 Å². The molecule has 0 aliphatic heterocycles. The predicted molar refractivity (Wildman–Crippen MR) is 183 cm³/mol. The SMILES string of the molecule is COc1cc(-c2ccc(/N=C/c3c(O)ccc4ccccc34)c(C(N)=O)c2)c2ccccc2c1/C=N/S(=O)(=O)c1ccc(C)cc1. The first kappa shape index (κ1) is 30.2. The maximum atomic E-state index is 13.0. The number of nitrogens with zero attached hydrogens (tertiary/aromatic N) is 2. The lowest BCUT2D eigenvalue weighted by Gasteiger charge is -2.15. The first-order valence-corrected chi connectivity index (χ1v) is 15.8. The van der Waals surface area contributed by atoms with Gasteiger partial charge in [0, 0.05) is 17.3 Å². The highest BCUT2D eigenvalue weighted by atomic mass is 32.2. The van der Waals surface area contributed by atoms with Gasteiger partial charge in [0.15, 0.2) is 0 Å². The second-order valence-electron chi connectivity index (χ2n) is 10.7. The minimum atomic E-state index is -3.96. The topological polar surface area (TPSA) is 131 Å². The van der Waals surface area contributed by atoms with E-state index in [0.717, 1.165) is 27.3 Å². The highest BCUT2D eigenvalue weighted by Crippen LogP contribution is 2.38. The second kappa shape index (κ2) is 12.3. The molecule has 228 valence electrons. The Balaban J connectivity index is 1.43. The third-order valence-corrected chi connectivity index (χ3v) is 9.01. The van der Waals surface area contributed by atoms with Crippen LogP contribution in [0.5, 0.6) is 11.5 Å². The van der Waals surface area contributed by atoms with Gasteiger partial charge < -0.3 is 15.6 Å². The molecule has 9 heteroatoms. The number of rotatable bonds is 8. The standard InChI is InChI=1S/C37H29N3O5S/c1-23-11-15-26(16-12-23)46(43,44)40-22-33-29-10-6-5-9-28(29)30(20-36(33)45-2)25-13-17-34(31(19-25)37(38)42)39-21-32-27-8-4-3-7-24(27)14-18-35(32)41/h3-22,41H,1-2H3,(H2,38,42)/b39-21+,40-22+. The van der Waals surface area contributed by atoms with Crippen LogP contribution >= 0.6 is 0 Å². The number of aromatic hydroxyl groups is 1. The Hall–Kier alpha value is -5.80. The molecule has 6 aromatic rings. The van der Waals surface area contributed by atoms with Gasteiger partial charge in [0.2, 0.25) is 0 Å². The van der Waals surface area contributed by atoms with Gasteiger partial charge >= 0.3 is 0 Å². The molecule has 0 radical (unpaired) electrons. The number of carbonyl (C=O) groups is 1. The lowest BCUT2D eigenvalue weighted by Crippen LogP contribution is -2.11. The largest absolute Gasteiger partial charge is 0.507 e. The Labute approximate surface area is 266 Å². The number of aliphatic imine (C=N–C) groups is 1. The summed E-state index contributed by atoms with van der Waals surface area (Å²) in [5.74, 6) is -0.211. The van der Waals surface area contributed by atoms with Gasteiger partial charge in [0.05, 0.1) is 29.5 Å². The van der Waals surface area contributed by atoms with Crippen molar-refractivity contribution in [1.29, 1.82) is 0 Å². The van der Waals surface area contributed by atoms with Crippen LogP contribution in [-0.2, 0) is 10.0 Å². The molecule has 0 bridgehead atoms. The molecular formula is C37H29N3O5S. The normalized spacial score (nSPS) is 12.0. The minimum Gasteiger partial charge on any atom is -0.507 e. The molecule has 8 nitrogen and oxygen atoms in total. The van der Waals surface area contributed by atoms with Crippen molar-refractivity contribution in [2.45, 2.75) is 11.8 Å². The lowest BCUT2D eigenvalue weighted by molar-refractivity contribution is 0.100. The Kier molecular flexibility index (Phi) is 8.08. The maximum Gasteiger partial charge on any atom is 0.282 e. The highest BCUT2D eigenvalue weighted by molar-refractivity contribution is 7.90. The second-order valence-corrected chi connectivity index (χ2v) is 12.3. The van der Waals surface area contributed by atoms with Crippen LogP contribution in [0.4, 0.5) is 5.69 Å². The number of ether oxygens (including phenoxy) is 1. The number of amides is 1. The van der Waals surface area contributed by atoms with E-state index >= 15 is 0 Å². The van der Waals surface area contributed by atoms with E-state index in [4.69, 9.17) is 10.5 Å². The summed E-state index contributed by atoms with van der Waals surface area (Å²) in [5.41, 5.74) is 9.70. The molecule has 0 spiro atoms.